The molecule has 162 valence electrons. The third-order valence-electron chi connectivity index (χ3n) is 5.47. The highest BCUT2D eigenvalue weighted by molar-refractivity contribution is 5.79. The Morgan fingerprint density at radius 3 is 2.74 bits per heavy atom. The maximum absolute atomic E-state index is 13.4. The van der Waals surface area contributed by atoms with Gasteiger partial charge in [-0.2, -0.15) is 0 Å². The molecule has 31 heavy (non-hydrogen) atoms. The summed E-state index contributed by atoms with van der Waals surface area (Å²) in [5.74, 6) is 0.628. The molecule has 0 N–H and O–H groups in total. The highest BCUT2D eigenvalue weighted by Gasteiger charge is 2.33. The highest BCUT2D eigenvalue weighted by atomic mass is 19.1. The second-order valence-corrected chi connectivity index (χ2v) is 8.02. The Bertz CT molecular complexity index is 1040. The number of hydrogen-bond donors (Lipinski definition) is 0. The van der Waals surface area contributed by atoms with E-state index in [1.807, 2.05) is 22.9 Å². The Morgan fingerprint density at radius 1 is 1.16 bits per heavy atom. The van der Waals surface area contributed by atoms with Gasteiger partial charge in [-0.15, -0.1) is 0 Å². The maximum atomic E-state index is 13.4. The molecule has 0 radical (unpaired) electrons. The SMILES string of the molecule is CN(CC(=O)N1CCCC1c1ncc(Cc2cccc(F)c2)o1)Cc1ccc(F)cc1. The summed E-state index contributed by atoms with van der Waals surface area (Å²) in [7, 11) is 1.87. The molecule has 2 heterocycles. The fourth-order valence-corrected chi connectivity index (χ4v) is 4.01. The van der Waals surface area contributed by atoms with Gasteiger partial charge in [-0.3, -0.25) is 9.69 Å². The van der Waals surface area contributed by atoms with Gasteiger partial charge in [0, 0.05) is 19.5 Å². The Morgan fingerprint density at radius 2 is 1.97 bits per heavy atom. The minimum absolute atomic E-state index is 0.0111. The number of hydrogen-bond acceptors (Lipinski definition) is 4. The van der Waals surface area contributed by atoms with Crippen molar-refractivity contribution in [2.75, 3.05) is 20.1 Å². The molecule has 1 amide bonds. The van der Waals surface area contributed by atoms with Crippen LogP contribution in [0.15, 0.2) is 59.1 Å². The van der Waals surface area contributed by atoms with Crippen LogP contribution in [-0.4, -0.2) is 40.8 Å². The molecule has 1 aromatic heterocycles. The minimum atomic E-state index is -0.283. The van der Waals surface area contributed by atoms with E-state index in [4.69, 9.17) is 4.42 Å². The lowest BCUT2D eigenvalue weighted by atomic mass is 10.1. The van der Waals surface area contributed by atoms with Gasteiger partial charge in [-0.1, -0.05) is 24.3 Å². The van der Waals surface area contributed by atoms with Crippen molar-refractivity contribution >= 4 is 5.91 Å². The fraction of sp³-hybridized carbons (Fsp3) is 0.333. The number of oxazole rings is 1. The first-order valence-corrected chi connectivity index (χ1v) is 10.4. The third kappa shape index (κ3) is 5.35. The van der Waals surface area contributed by atoms with Crippen LogP contribution in [0.1, 0.15) is 41.7 Å². The molecule has 4 rings (SSSR count). The summed E-state index contributed by atoms with van der Waals surface area (Å²) in [5.41, 5.74) is 1.76. The van der Waals surface area contributed by atoms with E-state index >= 15 is 0 Å². The predicted octanol–water partition coefficient (Wildman–Crippen LogP) is 4.34. The van der Waals surface area contributed by atoms with Gasteiger partial charge in [-0.05, 0) is 55.3 Å². The zero-order valence-corrected chi connectivity index (χ0v) is 17.4. The Kier molecular flexibility index (Phi) is 6.42. The second-order valence-electron chi connectivity index (χ2n) is 8.02. The molecular formula is C24H25F2N3O2. The van der Waals surface area contributed by atoms with Gasteiger partial charge in [0.15, 0.2) is 0 Å². The smallest absolute Gasteiger partial charge is 0.237 e. The van der Waals surface area contributed by atoms with E-state index in [2.05, 4.69) is 4.98 Å². The number of carbonyl (C=O) groups is 1. The van der Waals surface area contributed by atoms with E-state index in [-0.39, 0.29) is 30.1 Å². The van der Waals surface area contributed by atoms with Crippen molar-refractivity contribution in [1.29, 1.82) is 0 Å². The topological polar surface area (TPSA) is 49.6 Å². The third-order valence-corrected chi connectivity index (χ3v) is 5.47. The van der Waals surface area contributed by atoms with Crippen LogP contribution >= 0.6 is 0 Å². The van der Waals surface area contributed by atoms with E-state index in [1.54, 1.807) is 24.4 Å². The average molecular weight is 425 g/mol. The number of amides is 1. The standard InChI is InChI=1S/C24H25F2N3O2/c1-28(15-17-7-9-19(25)10-8-17)16-23(30)29-11-3-6-22(29)24-27-14-21(31-24)13-18-4-2-5-20(26)12-18/h2,4-5,7-10,12,14,22H,3,6,11,13,15-16H2,1H3. The van der Waals surface area contributed by atoms with Gasteiger partial charge in [0.25, 0.3) is 0 Å². The minimum Gasteiger partial charge on any atom is -0.443 e. The summed E-state index contributed by atoms with van der Waals surface area (Å²) in [6.45, 7) is 1.47. The molecule has 3 aromatic rings. The van der Waals surface area contributed by atoms with Gasteiger partial charge < -0.3 is 9.32 Å². The summed E-state index contributed by atoms with van der Waals surface area (Å²) < 4.78 is 32.4. The summed E-state index contributed by atoms with van der Waals surface area (Å²) in [4.78, 5) is 21.1. The first kappa shape index (κ1) is 21.2. The number of aromatic nitrogens is 1. The molecule has 1 fully saturated rings. The van der Waals surface area contributed by atoms with Crippen LogP contribution < -0.4 is 0 Å². The van der Waals surface area contributed by atoms with Crippen LogP contribution in [0.2, 0.25) is 0 Å². The molecule has 0 bridgehead atoms. The monoisotopic (exact) mass is 425 g/mol. The van der Waals surface area contributed by atoms with E-state index in [0.29, 0.717) is 31.2 Å². The van der Waals surface area contributed by atoms with Crippen LogP contribution in [0.25, 0.3) is 0 Å². The molecular weight excluding hydrogens is 400 g/mol. The molecule has 0 spiro atoms. The van der Waals surface area contributed by atoms with Crippen molar-refractivity contribution in [1.82, 2.24) is 14.8 Å². The summed E-state index contributed by atoms with van der Waals surface area (Å²) in [6.07, 6.45) is 3.79. The molecule has 1 saturated heterocycles. The number of likely N-dealkylation sites (tertiary alicyclic amines) is 1. The molecule has 1 aliphatic heterocycles. The normalized spacial score (nSPS) is 16.3. The van der Waals surface area contributed by atoms with Crippen molar-refractivity contribution in [2.24, 2.45) is 0 Å². The molecule has 0 aliphatic carbocycles. The van der Waals surface area contributed by atoms with E-state index in [1.165, 1.54) is 24.3 Å². The summed E-state index contributed by atoms with van der Waals surface area (Å²) >= 11 is 0. The highest BCUT2D eigenvalue weighted by Crippen LogP contribution is 2.32. The maximum Gasteiger partial charge on any atom is 0.237 e. The van der Waals surface area contributed by atoms with Crippen molar-refractivity contribution in [3.05, 3.63) is 89.1 Å². The largest absolute Gasteiger partial charge is 0.443 e. The van der Waals surface area contributed by atoms with Crippen LogP contribution in [0.5, 0.6) is 0 Å². The number of nitrogens with zero attached hydrogens (tertiary/aromatic N) is 3. The first-order valence-electron chi connectivity index (χ1n) is 10.4. The van der Waals surface area contributed by atoms with Gasteiger partial charge in [0.2, 0.25) is 11.8 Å². The summed E-state index contributed by atoms with van der Waals surface area (Å²) in [6, 6.07) is 12.5. The summed E-state index contributed by atoms with van der Waals surface area (Å²) in [5, 5.41) is 0. The van der Waals surface area contributed by atoms with E-state index in [0.717, 1.165) is 24.0 Å². The quantitative estimate of drug-likeness (QED) is 0.565. The average Bonchev–Trinajstić information content (AvgIpc) is 3.39. The van der Waals surface area contributed by atoms with Crippen LogP contribution in [0.4, 0.5) is 8.78 Å². The van der Waals surface area contributed by atoms with E-state index in [9.17, 15) is 13.6 Å². The fourth-order valence-electron chi connectivity index (χ4n) is 4.01. The zero-order chi connectivity index (χ0) is 21.8. The number of likely N-dealkylation sites (N-methyl/N-ethyl adjacent to an activating group) is 1. The van der Waals surface area contributed by atoms with Crippen molar-refractivity contribution in [2.45, 2.75) is 31.8 Å². The number of rotatable bonds is 7. The predicted molar refractivity (Wildman–Crippen MR) is 112 cm³/mol. The van der Waals surface area contributed by atoms with Gasteiger partial charge in [0.1, 0.15) is 23.4 Å². The molecule has 1 atom stereocenters. The lowest BCUT2D eigenvalue weighted by molar-refractivity contribution is -0.133. The number of benzene rings is 2. The number of carbonyl (C=O) groups excluding carboxylic acids is 1. The van der Waals surface area contributed by atoms with Crippen LogP contribution in [-0.2, 0) is 17.8 Å². The molecule has 1 unspecified atom stereocenters. The lowest BCUT2D eigenvalue weighted by Gasteiger charge is -2.25. The number of halogens is 2. The van der Waals surface area contributed by atoms with Crippen molar-refractivity contribution in [3.8, 4) is 0 Å². The second kappa shape index (κ2) is 9.39. The molecule has 5 nitrogen and oxygen atoms in total. The van der Waals surface area contributed by atoms with Gasteiger partial charge in [-0.25, -0.2) is 13.8 Å². The van der Waals surface area contributed by atoms with Crippen LogP contribution in [0.3, 0.4) is 0 Å². The van der Waals surface area contributed by atoms with Crippen molar-refractivity contribution < 1.29 is 18.0 Å². The van der Waals surface area contributed by atoms with E-state index < -0.39 is 0 Å². The van der Waals surface area contributed by atoms with Gasteiger partial charge in [0.05, 0.1) is 12.7 Å². The first-order chi connectivity index (χ1) is 15.0. The Balaban J connectivity index is 1.37. The Hall–Kier alpha value is -3.06. The molecule has 0 saturated carbocycles. The Labute approximate surface area is 180 Å². The zero-order valence-electron chi connectivity index (χ0n) is 17.4. The molecule has 7 heteroatoms. The molecule has 1 aliphatic rings. The lowest BCUT2D eigenvalue weighted by Crippen LogP contribution is -2.38. The van der Waals surface area contributed by atoms with Gasteiger partial charge >= 0.3 is 0 Å². The molecule has 2 aromatic carbocycles. The van der Waals surface area contributed by atoms with Crippen LogP contribution in [0, 0.1) is 11.6 Å². The van der Waals surface area contributed by atoms with Crippen molar-refractivity contribution in [3.63, 3.8) is 0 Å².